The molecule has 1 saturated carbocycles. The van der Waals surface area contributed by atoms with Crippen molar-refractivity contribution in [3.63, 3.8) is 0 Å². The maximum atomic E-state index is 11.6. The minimum Gasteiger partial charge on any atom is -0.287 e. The van der Waals surface area contributed by atoms with Gasteiger partial charge in [-0.3, -0.25) is 4.79 Å². The highest BCUT2D eigenvalue weighted by atomic mass is 32.2. The predicted molar refractivity (Wildman–Crippen MR) is 76.1 cm³/mol. The van der Waals surface area contributed by atoms with Gasteiger partial charge in [0.1, 0.15) is 0 Å². The van der Waals surface area contributed by atoms with E-state index in [9.17, 15) is 13.2 Å². The number of rotatable bonds is 10. The Morgan fingerprint density at radius 3 is 2.61 bits per heavy atom. The smallest absolute Gasteiger partial charge is 0.211 e. The first-order chi connectivity index (χ1) is 8.55. The van der Waals surface area contributed by atoms with E-state index < -0.39 is 10.0 Å². The van der Waals surface area contributed by atoms with Crippen molar-refractivity contribution < 1.29 is 13.2 Å². The molecule has 1 aliphatic rings. The molecule has 106 valence electrons. The fourth-order valence-corrected chi connectivity index (χ4v) is 3.72. The van der Waals surface area contributed by atoms with Gasteiger partial charge in [-0.15, -0.1) is 0 Å². The first-order valence-electron chi connectivity index (χ1n) is 6.69. The quantitative estimate of drug-likeness (QED) is 0.627. The summed E-state index contributed by atoms with van der Waals surface area (Å²) in [4.78, 5) is 11.4. The first kappa shape index (κ1) is 16.0. The monoisotopic (exact) mass is 293 g/mol. The highest BCUT2D eigenvalue weighted by Crippen LogP contribution is 2.33. The number of unbranched alkanes of at least 4 members (excludes halogenated alkanes) is 3. The largest absolute Gasteiger partial charge is 0.287 e. The molecule has 0 amide bonds. The summed E-state index contributed by atoms with van der Waals surface area (Å²) in [6, 6.07) is 0. The Balaban J connectivity index is 2.03. The van der Waals surface area contributed by atoms with Gasteiger partial charge < -0.3 is 0 Å². The normalized spacial score (nSPS) is 15.8. The molecule has 0 unspecified atom stereocenters. The second-order valence-corrected chi connectivity index (χ2v) is 7.74. The molecular weight excluding hydrogens is 270 g/mol. The molecule has 0 aromatic heterocycles. The third-order valence-corrected chi connectivity index (χ3v) is 5.34. The van der Waals surface area contributed by atoms with Gasteiger partial charge in [0.15, 0.2) is 5.12 Å². The van der Waals surface area contributed by atoms with E-state index in [-0.39, 0.29) is 16.8 Å². The third-order valence-electron chi connectivity index (χ3n) is 2.85. The van der Waals surface area contributed by atoms with Crippen LogP contribution in [0.15, 0.2) is 0 Å². The van der Waals surface area contributed by atoms with Crippen LogP contribution in [0.3, 0.4) is 0 Å². The Labute approximate surface area is 114 Å². The average Bonchev–Trinajstić information content (AvgIpc) is 3.14. The Morgan fingerprint density at radius 2 is 2.00 bits per heavy atom. The lowest BCUT2D eigenvalue weighted by Gasteiger charge is -2.05. The molecule has 1 aliphatic carbocycles. The van der Waals surface area contributed by atoms with Crippen LogP contribution in [0.5, 0.6) is 0 Å². The zero-order valence-electron chi connectivity index (χ0n) is 11.0. The van der Waals surface area contributed by atoms with E-state index in [0.29, 0.717) is 12.3 Å². The minimum absolute atomic E-state index is 0.203. The van der Waals surface area contributed by atoms with Crippen molar-refractivity contribution in [2.75, 3.05) is 18.1 Å². The first-order valence-corrected chi connectivity index (χ1v) is 9.33. The van der Waals surface area contributed by atoms with Crippen molar-refractivity contribution >= 4 is 26.9 Å². The second-order valence-electron chi connectivity index (χ2n) is 4.72. The van der Waals surface area contributed by atoms with Crippen molar-refractivity contribution in [1.82, 2.24) is 4.72 Å². The molecule has 1 fully saturated rings. The molecular formula is C12H23NO3S2. The predicted octanol–water partition coefficient (Wildman–Crippen LogP) is 2.16. The highest BCUT2D eigenvalue weighted by Gasteiger charge is 2.29. The van der Waals surface area contributed by atoms with Crippen molar-refractivity contribution in [3.8, 4) is 0 Å². The Kier molecular flexibility index (Phi) is 7.26. The van der Waals surface area contributed by atoms with Crippen LogP contribution in [0.1, 0.15) is 45.4 Å². The van der Waals surface area contributed by atoms with Crippen molar-refractivity contribution in [1.29, 1.82) is 0 Å². The standard InChI is InChI=1S/C12H23NO3S2/c1-2-3-4-5-10-18(15,16)13-8-9-17-12(14)11-6-7-11/h11,13H,2-10H2,1H3. The van der Waals surface area contributed by atoms with E-state index >= 15 is 0 Å². The summed E-state index contributed by atoms with van der Waals surface area (Å²) >= 11 is 1.25. The summed E-state index contributed by atoms with van der Waals surface area (Å²) in [5.74, 6) is 0.998. The van der Waals surface area contributed by atoms with Gasteiger partial charge in [-0.2, -0.15) is 0 Å². The molecule has 0 bridgehead atoms. The number of nitrogens with one attached hydrogen (secondary N) is 1. The van der Waals surface area contributed by atoms with E-state index in [1.165, 1.54) is 11.8 Å². The fraction of sp³-hybridized carbons (Fsp3) is 0.917. The van der Waals surface area contributed by atoms with Crippen LogP contribution in [-0.4, -0.2) is 31.6 Å². The van der Waals surface area contributed by atoms with Crippen LogP contribution in [0.25, 0.3) is 0 Å². The number of carbonyl (C=O) groups excluding carboxylic acids is 1. The molecule has 1 N–H and O–H groups in total. The maximum Gasteiger partial charge on any atom is 0.211 e. The molecule has 4 nitrogen and oxygen atoms in total. The van der Waals surface area contributed by atoms with Crippen LogP contribution >= 0.6 is 11.8 Å². The number of carbonyl (C=O) groups is 1. The van der Waals surface area contributed by atoms with Gasteiger partial charge in [0.2, 0.25) is 10.0 Å². The molecule has 0 saturated heterocycles. The lowest BCUT2D eigenvalue weighted by Crippen LogP contribution is -2.28. The second kappa shape index (κ2) is 8.17. The molecule has 6 heteroatoms. The zero-order valence-corrected chi connectivity index (χ0v) is 12.6. The van der Waals surface area contributed by atoms with Gasteiger partial charge in [-0.05, 0) is 19.3 Å². The van der Waals surface area contributed by atoms with E-state index in [1.807, 2.05) is 0 Å². The van der Waals surface area contributed by atoms with Gasteiger partial charge in [0.05, 0.1) is 5.75 Å². The van der Waals surface area contributed by atoms with E-state index in [4.69, 9.17) is 0 Å². The number of hydrogen-bond donors (Lipinski definition) is 1. The van der Waals surface area contributed by atoms with E-state index in [1.54, 1.807) is 0 Å². The molecule has 0 heterocycles. The van der Waals surface area contributed by atoms with Crippen LogP contribution in [-0.2, 0) is 14.8 Å². The zero-order chi connectivity index (χ0) is 13.4. The van der Waals surface area contributed by atoms with Crippen molar-refractivity contribution in [3.05, 3.63) is 0 Å². The fourth-order valence-electron chi connectivity index (χ4n) is 1.58. The number of sulfonamides is 1. The number of thioether (sulfide) groups is 1. The summed E-state index contributed by atoms with van der Waals surface area (Å²) < 4.78 is 25.7. The van der Waals surface area contributed by atoms with Gasteiger partial charge in [-0.25, -0.2) is 13.1 Å². The molecule has 0 aromatic rings. The maximum absolute atomic E-state index is 11.6. The summed E-state index contributed by atoms with van der Waals surface area (Å²) in [6.45, 7) is 2.46. The molecule has 0 atom stereocenters. The Hall–Kier alpha value is -0.0700. The molecule has 0 aromatic carbocycles. The SMILES string of the molecule is CCCCCCS(=O)(=O)NCCSC(=O)C1CC1. The van der Waals surface area contributed by atoms with Gasteiger partial charge in [0, 0.05) is 18.2 Å². The topological polar surface area (TPSA) is 63.2 Å². The third kappa shape index (κ3) is 7.38. The van der Waals surface area contributed by atoms with E-state index in [0.717, 1.165) is 38.5 Å². The molecule has 1 rings (SSSR count). The summed E-state index contributed by atoms with van der Waals surface area (Å²) in [6.07, 6.45) is 5.89. The highest BCUT2D eigenvalue weighted by molar-refractivity contribution is 8.13. The lowest BCUT2D eigenvalue weighted by atomic mass is 10.2. The number of hydrogen-bond acceptors (Lipinski definition) is 4. The van der Waals surface area contributed by atoms with Crippen LogP contribution in [0.4, 0.5) is 0 Å². The summed E-state index contributed by atoms with van der Waals surface area (Å²) in [5, 5.41) is 0.220. The molecule has 0 spiro atoms. The van der Waals surface area contributed by atoms with Crippen LogP contribution in [0, 0.1) is 5.92 Å². The van der Waals surface area contributed by atoms with Crippen LogP contribution < -0.4 is 4.72 Å². The van der Waals surface area contributed by atoms with Crippen molar-refractivity contribution in [2.24, 2.45) is 5.92 Å². The van der Waals surface area contributed by atoms with Gasteiger partial charge in [-0.1, -0.05) is 37.9 Å². The van der Waals surface area contributed by atoms with Gasteiger partial charge >= 0.3 is 0 Å². The Bertz CT molecular complexity index is 350. The Morgan fingerprint density at radius 1 is 1.28 bits per heavy atom. The average molecular weight is 293 g/mol. The lowest BCUT2D eigenvalue weighted by molar-refractivity contribution is -0.112. The van der Waals surface area contributed by atoms with Crippen molar-refractivity contribution in [2.45, 2.75) is 45.4 Å². The van der Waals surface area contributed by atoms with Crippen LogP contribution in [0.2, 0.25) is 0 Å². The molecule has 18 heavy (non-hydrogen) atoms. The molecule has 0 radical (unpaired) electrons. The van der Waals surface area contributed by atoms with Gasteiger partial charge in [0.25, 0.3) is 0 Å². The molecule has 0 aliphatic heterocycles. The minimum atomic E-state index is -3.14. The summed E-state index contributed by atoms with van der Waals surface area (Å²) in [5.41, 5.74) is 0. The summed E-state index contributed by atoms with van der Waals surface area (Å²) in [7, 11) is -3.14. The van der Waals surface area contributed by atoms with E-state index in [2.05, 4.69) is 11.6 Å².